The number of hydrogen-bond acceptors (Lipinski definition) is 8. The van der Waals surface area contributed by atoms with E-state index in [0.29, 0.717) is 17.4 Å². The Balaban J connectivity index is 1.26. The number of halogens is 1. The molecule has 1 N–H and O–H groups in total. The highest BCUT2D eigenvalue weighted by Crippen LogP contribution is 2.35. The number of benzene rings is 3. The summed E-state index contributed by atoms with van der Waals surface area (Å²) in [5.74, 6) is -0.105. The predicted molar refractivity (Wildman–Crippen MR) is 177 cm³/mol. The first-order chi connectivity index (χ1) is 22.3. The van der Waals surface area contributed by atoms with Gasteiger partial charge in [0.1, 0.15) is 11.6 Å². The molecule has 5 aromatic rings. The number of carbonyl (C=O) groups is 2. The van der Waals surface area contributed by atoms with Crippen LogP contribution in [0.3, 0.4) is 0 Å². The van der Waals surface area contributed by atoms with Crippen LogP contribution in [0.5, 0.6) is 5.75 Å². The van der Waals surface area contributed by atoms with Crippen molar-refractivity contribution in [2.24, 2.45) is 5.10 Å². The highest BCUT2D eigenvalue weighted by Gasteiger charge is 2.34. The Morgan fingerprint density at radius 2 is 1.85 bits per heavy atom. The van der Waals surface area contributed by atoms with Crippen LogP contribution in [0.25, 0.3) is 5.69 Å². The van der Waals surface area contributed by atoms with E-state index in [-0.39, 0.29) is 29.8 Å². The third-order valence-corrected chi connectivity index (χ3v) is 9.46. The zero-order chi connectivity index (χ0) is 32.2. The Hall–Kier alpha value is -4.81. The molecule has 0 saturated carbocycles. The van der Waals surface area contributed by atoms with Crippen molar-refractivity contribution in [2.45, 2.75) is 38.0 Å². The van der Waals surface area contributed by atoms with E-state index < -0.39 is 11.7 Å². The van der Waals surface area contributed by atoms with Crippen LogP contribution < -0.4 is 10.1 Å². The van der Waals surface area contributed by atoms with Crippen molar-refractivity contribution in [2.75, 3.05) is 12.9 Å². The molecule has 2 aromatic heterocycles. The van der Waals surface area contributed by atoms with Gasteiger partial charge in [-0.05, 0) is 72.3 Å². The summed E-state index contributed by atoms with van der Waals surface area (Å²) in [4.78, 5) is 27.7. The van der Waals surface area contributed by atoms with E-state index in [4.69, 9.17) is 9.84 Å². The van der Waals surface area contributed by atoms with Crippen molar-refractivity contribution in [3.8, 4) is 11.4 Å². The van der Waals surface area contributed by atoms with Crippen molar-refractivity contribution < 1.29 is 18.7 Å². The molecular formula is C34H31FN6O3S2. The van der Waals surface area contributed by atoms with Gasteiger partial charge < -0.3 is 10.1 Å². The van der Waals surface area contributed by atoms with Gasteiger partial charge in [-0.15, -0.1) is 21.5 Å². The van der Waals surface area contributed by atoms with Gasteiger partial charge in [0.05, 0.1) is 47.3 Å². The maximum absolute atomic E-state index is 14.2. The van der Waals surface area contributed by atoms with Crippen LogP contribution in [0.1, 0.15) is 50.2 Å². The second kappa shape index (κ2) is 13.7. The average molecular weight is 655 g/mol. The number of methoxy groups -OCH3 is 1. The number of nitrogens with zero attached hydrogens (tertiary/aromatic N) is 5. The normalized spacial score (nSPS) is 14.3. The van der Waals surface area contributed by atoms with Gasteiger partial charge in [-0.1, -0.05) is 54.2 Å². The summed E-state index contributed by atoms with van der Waals surface area (Å²) in [7, 11) is 1.62. The lowest BCUT2D eigenvalue weighted by Crippen LogP contribution is -2.28. The van der Waals surface area contributed by atoms with E-state index in [9.17, 15) is 14.0 Å². The van der Waals surface area contributed by atoms with Gasteiger partial charge in [0, 0.05) is 6.42 Å². The second-order valence-electron chi connectivity index (χ2n) is 10.7. The smallest absolute Gasteiger partial charge is 0.254 e. The van der Waals surface area contributed by atoms with Crippen LogP contribution in [0.15, 0.2) is 94.5 Å². The minimum atomic E-state index is -0.606. The molecule has 46 heavy (non-hydrogen) atoms. The molecule has 1 unspecified atom stereocenters. The molecular weight excluding hydrogens is 624 g/mol. The molecule has 1 aliphatic rings. The van der Waals surface area contributed by atoms with Crippen molar-refractivity contribution in [1.29, 1.82) is 0 Å². The zero-order valence-electron chi connectivity index (χ0n) is 25.4. The molecule has 3 heterocycles. The predicted octanol–water partition coefficient (Wildman–Crippen LogP) is 6.49. The summed E-state index contributed by atoms with van der Waals surface area (Å²) in [6, 6.07) is 23.2. The number of amides is 2. The molecule has 9 nitrogen and oxygen atoms in total. The van der Waals surface area contributed by atoms with Crippen LogP contribution in [-0.2, 0) is 11.3 Å². The Labute approximate surface area is 274 Å². The van der Waals surface area contributed by atoms with E-state index in [2.05, 4.69) is 15.5 Å². The molecule has 0 saturated heterocycles. The molecule has 0 radical (unpaired) electrons. The fourth-order valence-corrected chi connectivity index (χ4v) is 6.76. The number of nitrogens with one attached hydrogen (secondary N) is 1. The monoisotopic (exact) mass is 654 g/mol. The maximum Gasteiger partial charge on any atom is 0.254 e. The highest BCUT2D eigenvalue weighted by atomic mass is 32.2. The number of thioether (sulfide) groups is 1. The number of aromatic nitrogens is 3. The van der Waals surface area contributed by atoms with E-state index in [1.165, 1.54) is 30.0 Å². The minimum absolute atomic E-state index is 0.00217. The number of hydrogen-bond donors (Lipinski definition) is 1. The SMILES string of the molecule is COc1ccc(C2CC(c3cccs3)=NN2C(=O)CSc2nnc(CNC(=O)c3ccccc3F)n2-c2cc(C)ccc2C)cc1. The average Bonchev–Trinajstić information content (AvgIpc) is 3.84. The summed E-state index contributed by atoms with van der Waals surface area (Å²) < 4.78 is 21.4. The fraction of sp³-hybridized carbons (Fsp3) is 0.206. The summed E-state index contributed by atoms with van der Waals surface area (Å²) in [5, 5.41) is 20.4. The Kier molecular flexibility index (Phi) is 9.27. The van der Waals surface area contributed by atoms with Crippen LogP contribution in [0.2, 0.25) is 0 Å². The lowest BCUT2D eigenvalue weighted by Gasteiger charge is -2.22. The third kappa shape index (κ3) is 6.58. The molecule has 1 atom stereocenters. The Morgan fingerprint density at radius 3 is 2.59 bits per heavy atom. The molecule has 0 spiro atoms. The molecule has 12 heteroatoms. The highest BCUT2D eigenvalue weighted by molar-refractivity contribution is 7.99. The second-order valence-corrected chi connectivity index (χ2v) is 12.6. The van der Waals surface area contributed by atoms with Gasteiger partial charge in [0.25, 0.3) is 11.8 Å². The lowest BCUT2D eigenvalue weighted by atomic mass is 10.0. The van der Waals surface area contributed by atoms with Crippen molar-refractivity contribution in [1.82, 2.24) is 25.1 Å². The standard InChI is InChI=1S/C34H31FN6O3S2/c1-21-10-11-22(2)28(17-21)40-31(19-36-33(43)25-7-4-5-8-26(25)35)37-38-34(40)46-20-32(42)41-29(23-12-14-24(44-3)15-13-23)18-27(39-41)30-9-6-16-45-30/h4-17,29H,18-20H2,1-3H3,(H,36,43). The molecule has 234 valence electrons. The first-order valence-electron chi connectivity index (χ1n) is 14.6. The lowest BCUT2D eigenvalue weighted by molar-refractivity contribution is -0.130. The topological polar surface area (TPSA) is 102 Å². The molecule has 2 amide bonds. The first-order valence-corrected chi connectivity index (χ1v) is 16.4. The third-order valence-electron chi connectivity index (χ3n) is 7.63. The number of hydrazone groups is 1. The summed E-state index contributed by atoms with van der Waals surface area (Å²) >= 11 is 2.84. The number of rotatable bonds is 10. The van der Waals surface area contributed by atoms with Crippen LogP contribution >= 0.6 is 23.1 Å². The van der Waals surface area contributed by atoms with E-state index in [1.54, 1.807) is 29.5 Å². The fourth-order valence-electron chi connectivity index (χ4n) is 5.22. The minimum Gasteiger partial charge on any atom is -0.497 e. The van der Waals surface area contributed by atoms with Crippen LogP contribution in [-0.4, -0.2) is 50.2 Å². The maximum atomic E-state index is 14.2. The van der Waals surface area contributed by atoms with Gasteiger partial charge in [-0.2, -0.15) is 5.10 Å². The number of ether oxygens (including phenoxy) is 1. The van der Waals surface area contributed by atoms with Crippen molar-refractivity contribution in [3.63, 3.8) is 0 Å². The summed E-state index contributed by atoms with van der Waals surface area (Å²) in [6.07, 6.45) is 0.591. The molecule has 0 aliphatic carbocycles. The quantitative estimate of drug-likeness (QED) is 0.173. The Bertz CT molecular complexity index is 1910. The first kappa shape index (κ1) is 31.2. The van der Waals surface area contributed by atoms with Crippen LogP contribution in [0.4, 0.5) is 4.39 Å². The van der Waals surface area contributed by atoms with Gasteiger partial charge in [0.2, 0.25) is 0 Å². The van der Waals surface area contributed by atoms with Crippen molar-refractivity contribution in [3.05, 3.63) is 123 Å². The molecule has 1 aliphatic heterocycles. The number of carbonyl (C=O) groups excluding carboxylic acids is 2. The van der Waals surface area contributed by atoms with Gasteiger partial charge in [0.15, 0.2) is 11.0 Å². The number of aryl methyl sites for hydroxylation is 2. The van der Waals surface area contributed by atoms with Gasteiger partial charge in [-0.3, -0.25) is 14.2 Å². The Morgan fingerprint density at radius 1 is 1.04 bits per heavy atom. The zero-order valence-corrected chi connectivity index (χ0v) is 27.1. The summed E-state index contributed by atoms with van der Waals surface area (Å²) in [6.45, 7) is 3.96. The summed E-state index contributed by atoms with van der Waals surface area (Å²) in [5.41, 5.74) is 4.58. The van der Waals surface area contributed by atoms with Crippen LogP contribution in [0, 0.1) is 19.7 Å². The molecule has 3 aromatic carbocycles. The van der Waals surface area contributed by atoms with E-state index in [1.807, 2.05) is 78.4 Å². The largest absolute Gasteiger partial charge is 0.497 e. The van der Waals surface area contributed by atoms with E-state index >= 15 is 0 Å². The molecule has 0 fully saturated rings. The van der Waals surface area contributed by atoms with Gasteiger partial charge in [-0.25, -0.2) is 9.40 Å². The molecule has 6 rings (SSSR count). The number of thiophene rings is 1. The van der Waals surface area contributed by atoms with Crippen molar-refractivity contribution >= 4 is 40.6 Å². The van der Waals surface area contributed by atoms with Gasteiger partial charge >= 0.3 is 0 Å². The molecule has 0 bridgehead atoms. The van der Waals surface area contributed by atoms with E-state index in [0.717, 1.165) is 38.7 Å².